The Morgan fingerprint density at radius 2 is 2.28 bits per heavy atom. The normalized spacial score (nSPS) is 23.0. The van der Waals surface area contributed by atoms with Gasteiger partial charge in [-0.3, -0.25) is 4.79 Å². The number of carbonyl (C=O) groups is 1. The first-order valence-corrected chi connectivity index (χ1v) is 6.41. The average molecular weight is 250 g/mol. The van der Waals surface area contributed by atoms with Crippen LogP contribution in [0.1, 0.15) is 36.5 Å². The van der Waals surface area contributed by atoms with Gasteiger partial charge in [0.1, 0.15) is 5.82 Å². The molecule has 18 heavy (non-hydrogen) atoms. The van der Waals surface area contributed by atoms with Crippen LogP contribution in [0.3, 0.4) is 0 Å². The van der Waals surface area contributed by atoms with Crippen LogP contribution < -0.4 is 11.1 Å². The molecule has 1 aliphatic carbocycles. The summed E-state index contributed by atoms with van der Waals surface area (Å²) in [6.45, 7) is 2.82. The van der Waals surface area contributed by atoms with Crippen LogP contribution in [0.25, 0.3) is 0 Å². The van der Waals surface area contributed by atoms with E-state index in [4.69, 9.17) is 5.73 Å². The smallest absolute Gasteiger partial charge is 0.254 e. The van der Waals surface area contributed by atoms with Gasteiger partial charge in [0, 0.05) is 12.2 Å². The number of nitrogens with two attached hydrogens (primary N) is 1. The van der Waals surface area contributed by atoms with Gasteiger partial charge in [0.05, 0.1) is 5.56 Å². The number of hydrogen-bond acceptors (Lipinski definition) is 2. The highest BCUT2D eigenvalue weighted by Crippen LogP contribution is 2.30. The third-order valence-corrected chi connectivity index (χ3v) is 3.80. The summed E-state index contributed by atoms with van der Waals surface area (Å²) in [6, 6.07) is 4.05. The van der Waals surface area contributed by atoms with Crippen LogP contribution in [-0.4, -0.2) is 12.5 Å². The van der Waals surface area contributed by atoms with Gasteiger partial charge in [0.2, 0.25) is 0 Å². The summed E-state index contributed by atoms with van der Waals surface area (Å²) in [5, 5.41) is 2.80. The molecule has 1 amide bonds. The maximum absolute atomic E-state index is 13.5. The molecule has 3 N–H and O–H groups in total. The van der Waals surface area contributed by atoms with Crippen molar-refractivity contribution in [2.24, 2.45) is 11.8 Å². The Hall–Kier alpha value is -1.58. The Labute approximate surface area is 107 Å². The van der Waals surface area contributed by atoms with E-state index in [1.807, 2.05) is 0 Å². The summed E-state index contributed by atoms with van der Waals surface area (Å²) in [6.07, 6.45) is 3.57. The van der Waals surface area contributed by atoms with Crippen LogP contribution in [0.5, 0.6) is 0 Å². The molecular weight excluding hydrogens is 231 g/mol. The quantitative estimate of drug-likeness (QED) is 0.810. The fourth-order valence-corrected chi connectivity index (χ4v) is 2.56. The van der Waals surface area contributed by atoms with E-state index in [0.717, 1.165) is 6.42 Å². The van der Waals surface area contributed by atoms with Gasteiger partial charge in [-0.05, 0) is 36.5 Å². The van der Waals surface area contributed by atoms with Crippen LogP contribution in [0.15, 0.2) is 18.2 Å². The summed E-state index contributed by atoms with van der Waals surface area (Å²) in [5.41, 5.74) is 5.99. The molecule has 2 atom stereocenters. The molecule has 1 fully saturated rings. The van der Waals surface area contributed by atoms with Gasteiger partial charge >= 0.3 is 0 Å². The first-order valence-electron chi connectivity index (χ1n) is 6.41. The summed E-state index contributed by atoms with van der Waals surface area (Å²) in [4.78, 5) is 11.9. The molecule has 0 radical (unpaired) electrons. The predicted octanol–water partition coefficient (Wildman–Crippen LogP) is 2.57. The highest BCUT2D eigenvalue weighted by atomic mass is 19.1. The van der Waals surface area contributed by atoms with Crippen LogP contribution in [0, 0.1) is 17.7 Å². The molecule has 0 aromatic heterocycles. The number of halogens is 1. The molecule has 0 heterocycles. The second-order valence-electron chi connectivity index (χ2n) is 5.12. The lowest BCUT2D eigenvalue weighted by Gasteiger charge is -2.16. The van der Waals surface area contributed by atoms with E-state index in [1.165, 1.54) is 31.0 Å². The summed E-state index contributed by atoms with van der Waals surface area (Å²) >= 11 is 0. The Morgan fingerprint density at radius 1 is 1.50 bits per heavy atom. The number of nitrogen functional groups attached to an aromatic ring is 1. The third-order valence-electron chi connectivity index (χ3n) is 3.80. The van der Waals surface area contributed by atoms with Crippen molar-refractivity contribution in [1.82, 2.24) is 5.32 Å². The van der Waals surface area contributed by atoms with Gasteiger partial charge in [-0.25, -0.2) is 4.39 Å². The van der Waals surface area contributed by atoms with Gasteiger partial charge < -0.3 is 11.1 Å². The number of carbonyl (C=O) groups excluding carboxylic acids is 1. The number of anilines is 1. The number of rotatable bonds is 3. The Kier molecular flexibility index (Phi) is 3.84. The molecule has 1 saturated carbocycles. The molecule has 1 aromatic carbocycles. The molecule has 1 aliphatic rings. The highest BCUT2D eigenvalue weighted by Gasteiger charge is 2.24. The standard InChI is InChI=1S/C14H19FN2O/c1-9-3-2-4-10(9)8-17-14(18)12-7-11(16)5-6-13(12)15/h5-7,9-10H,2-4,8,16H2,1H3,(H,17,18). The monoisotopic (exact) mass is 250 g/mol. The van der Waals surface area contributed by atoms with E-state index < -0.39 is 5.82 Å². The van der Waals surface area contributed by atoms with Crippen molar-refractivity contribution in [3.8, 4) is 0 Å². The van der Waals surface area contributed by atoms with Crippen LogP contribution in [-0.2, 0) is 0 Å². The number of nitrogens with one attached hydrogen (secondary N) is 1. The van der Waals surface area contributed by atoms with Crippen molar-refractivity contribution < 1.29 is 9.18 Å². The van der Waals surface area contributed by atoms with Gasteiger partial charge in [-0.15, -0.1) is 0 Å². The number of benzene rings is 1. The fraction of sp³-hybridized carbons (Fsp3) is 0.500. The van der Waals surface area contributed by atoms with E-state index in [2.05, 4.69) is 12.2 Å². The summed E-state index contributed by atoms with van der Waals surface area (Å²) in [5.74, 6) is 0.245. The SMILES string of the molecule is CC1CCCC1CNC(=O)c1cc(N)ccc1F. The first kappa shape index (κ1) is 12.9. The van der Waals surface area contributed by atoms with Crippen molar-refractivity contribution in [3.63, 3.8) is 0 Å². The number of amides is 1. The van der Waals surface area contributed by atoms with Crippen molar-refractivity contribution in [2.75, 3.05) is 12.3 Å². The van der Waals surface area contributed by atoms with Crippen molar-refractivity contribution in [1.29, 1.82) is 0 Å². The molecular formula is C14H19FN2O. The lowest BCUT2D eigenvalue weighted by molar-refractivity contribution is 0.0940. The molecule has 0 bridgehead atoms. The lowest BCUT2D eigenvalue weighted by Crippen LogP contribution is -2.30. The summed E-state index contributed by atoms with van der Waals surface area (Å²) < 4.78 is 13.5. The molecule has 1 aromatic rings. The first-order chi connectivity index (χ1) is 8.58. The van der Waals surface area contributed by atoms with Crippen molar-refractivity contribution in [3.05, 3.63) is 29.6 Å². The highest BCUT2D eigenvalue weighted by molar-refractivity contribution is 5.95. The van der Waals surface area contributed by atoms with Gasteiger partial charge in [0.25, 0.3) is 5.91 Å². The number of hydrogen-bond donors (Lipinski definition) is 2. The zero-order valence-corrected chi connectivity index (χ0v) is 10.6. The Morgan fingerprint density at radius 3 is 2.94 bits per heavy atom. The molecule has 2 rings (SSSR count). The van der Waals surface area contributed by atoms with Gasteiger partial charge in [-0.1, -0.05) is 19.8 Å². The minimum Gasteiger partial charge on any atom is -0.399 e. The van der Waals surface area contributed by atoms with Crippen LogP contribution in [0.2, 0.25) is 0 Å². The minimum absolute atomic E-state index is 0.0284. The van der Waals surface area contributed by atoms with E-state index in [9.17, 15) is 9.18 Å². The maximum Gasteiger partial charge on any atom is 0.254 e. The van der Waals surface area contributed by atoms with Crippen molar-refractivity contribution >= 4 is 11.6 Å². The zero-order chi connectivity index (χ0) is 13.1. The zero-order valence-electron chi connectivity index (χ0n) is 10.6. The van der Waals surface area contributed by atoms with Crippen LogP contribution in [0.4, 0.5) is 10.1 Å². The van der Waals surface area contributed by atoms with E-state index in [0.29, 0.717) is 24.1 Å². The molecule has 0 spiro atoms. The van der Waals surface area contributed by atoms with Crippen LogP contribution >= 0.6 is 0 Å². The summed E-state index contributed by atoms with van der Waals surface area (Å²) in [7, 11) is 0. The predicted molar refractivity (Wildman–Crippen MR) is 69.7 cm³/mol. The lowest BCUT2D eigenvalue weighted by atomic mass is 9.98. The van der Waals surface area contributed by atoms with Gasteiger partial charge in [-0.2, -0.15) is 0 Å². The van der Waals surface area contributed by atoms with Gasteiger partial charge in [0.15, 0.2) is 0 Å². The Bertz CT molecular complexity index is 447. The van der Waals surface area contributed by atoms with Crippen molar-refractivity contribution in [2.45, 2.75) is 26.2 Å². The van der Waals surface area contributed by atoms with E-state index >= 15 is 0 Å². The molecule has 2 unspecified atom stereocenters. The topological polar surface area (TPSA) is 55.1 Å². The fourth-order valence-electron chi connectivity index (χ4n) is 2.56. The largest absolute Gasteiger partial charge is 0.399 e. The van der Waals surface area contributed by atoms with E-state index in [1.54, 1.807) is 0 Å². The Balaban J connectivity index is 1.97. The molecule has 0 aliphatic heterocycles. The average Bonchev–Trinajstić information content (AvgIpc) is 2.75. The second-order valence-corrected chi connectivity index (χ2v) is 5.12. The molecule has 4 heteroatoms. The minimum atomic E-state index is -0.527. The second kappa shape index (κ2) is 5.38. The molecule has 3 nitrogen and oxygen atoms in total. The molecule has 0 saturated heterocycles. The molecule has 98 valence electrons. The maximum atomic E-state index is 13.5. The van der Waals surface area contributed by atoms with E-state index in [-0.39, 0.29) is 11.5 Å². The third kappa shape index (κ3) is 2.81.